The van der Waals surface area contributed by atoms with Crippen molar-refractivity contribution in [1.82, 2.24) is 4.98 Å². The van der Waals surface area contributed by atoms with Gasteiger partial charge in [-0.05, 0) is 62.1 Å². The first kappa shape index (κ1) is 25.5. The van der Waals surface area contributed by atoms with Crippen LogP contribution >= 0.6 is 11.3 Å². The summed E-state index contributed by atoms with van der Waals surface area (Å²) in [4.78, 5) is 29.9. The van der Waals surface area contributed by atoms with Crippen LogP contribution in [-0.2, 0) is 16.0 Å². The van der Waals surface area contributed by atoms with Crippen molar-refractivity contribution in [1.29, 1.82) is 0 Å². The standard InChI is InChI=1S/C26H27F2NO4S/c1-5-32-24(31)14-33-22-8-6-17(10-16(22)4)21(30)7-9-23-25(15(2)3)29-26(34-23)18-11-19(27)13-20(28)12-18/h6,8,10-13,15H,5,7,9,14H2,1-4H3. The number of esters is 1. The van der Waals surface area contributed by atoms with E-state index in [1.807, 2.05) is 20.8 Å². The molecular weight excluding hydrogens is 460 g/mol. The molecule has 34 heavy (non-hydrogen) atoms. The molecule has 2 aromatic carbocycles. The van der Waals surface area contributed by atoms with Crippen molar-refractivity contribution in [3.8, 4) is 16.3 Å². The summed E-state index contributed by atoms with van der Waals surface area (Å²) in [6, 6.07) is 8.43. The van der Waals surface area contributed by atoms with Crippen LogP contribution in [0.5, 0.6) is 5.75 Å². The van der Waals surface area contributed by atoms with Gasteiger partial charge in [0.15, 0.2) is 12.4 Å². The van der Waals surface area contributed by atoms with E-state index in [9.17, 15) is 18.4 Å². The quantitative estimate of drug-likeness (QED) is 0.249. The molecule has 0 fully saturated rings. The van der Waals surface area contributed by atoms with Gasteiger partial charge >= 0.3 is 5.97 Å². The zero-order chi connectivity index (χ0) is 24.8. The van der Waals surface area contributed by atoms with Crippen molar-refractivity contribution in [3.05, 3.63) is 69.7 Å². The maximum absolute atomic E-state index is 13.7. The Labute approximate surface area is 201 Å². The van der Waals surface area contributed by atoms with Gasteiger partial charge in [-0.1, -0.05) is 13.8 Å². The van der Waals surface area contributed by atoms with E-state index in [0.717, 1.165) is 22.2 Å². The molecule has 3 aromatic rings. The number of hydrogen-bond donors (Lipinski definition) is 0. The lowest BCUT2D eigenvalue weighted by Gasteiger charge is -2.10. The molecule has 5 nitrogen and oxygen atoms in total. The fraction of sp³-hybridized carbons (Fsp3) is 0.346. The topological polar surface area (TPSA) is 65.5 Å². The Morgan fingerprint density at radius 3 is 2.41 bits per heavy atom. The molecule has 1 aromatic heterocycles. The first-order valence-corrected chi connectivity index (χ1v) is 11.9. The number of ketones is 1. The number of Topliss-reactive ketones (excluding diaryl/α,β-unsaturated/α-hetero) is 1. The number of carbonyl (C=O) groups is 2. The van der Waals surface area contributed by atoms with Crippen molar-refractivity contribution < 1.29 is 27.8 Å². The monoisotopic (exact) mass is 487 g/mol. The molecule has 1 heterocycles. The molecule has 0 aliphatic carbocycles. The maximum Gasteiger partial charge on any atom is 0.344 e. The number of benzene rings is 2. The number of ether oxygens (including phenoxy) is 2. The molecule has 0 unspecified atom stereocenters. The third-order valence-corrected chi connectivity index (χ3v) is 6.29. The van der Waals surface area contributed by atoms with Gasteiger partial charge in [-0.25, -0.2) is 18.6 Å². The third kappa shape index (κ3) is 6.47. The number of carbonyl (C=O) groups excluding carboxylic acids is 2. The van der Waals surface area contributed by atoms with Crippen LogP contribution in [0.3, 0.4) is 0 Å². The molecule has 0 amide bonds. The maximum atomic E-state index is 13.7. The second kappa shape index (κ2) is 11.3. The molecule has 0 radical (unpaired) electrons. The molecule has 0 N–H and O–H groups in total. The third-order valence-electron chi connectivity index (χ3n) is 5.11. The summed E-state index contributed by atoms with van der Waals surface area (Å²) in [5.41, 5.74) is 2.50. The summed E-state index contributed by atoms with van der Waals surface area (Å²) in [6.07, 6.45) is 0.739. The van der Waals surface area contributed by atoms with Crippen molar-refractivity contribution in [2.75, 3.05) is 13.2 Å². The Kier molecular flexibility index (Phi) is 8.50. The van der Waals surface area contributed by atoms with Crippen LogP contribution in [0.4, 0.5) is 8.78 Å². The van der Waals surface area contributed by atoms with E-state index in [1.54, 1.807) is 25.1 Å². The zero-order valence-electron chi connectivity index (χ0n) is 19.6. The predicted molar refractivity (Wildman–Crippen MR) is 128 cm³/mol. The minimum atomic E-state index is -0.655. The molecule has 3 rings (SSSR count). The van der Waals surface area contributed by atoms with E-state index in [-0.39, 0.29) is 31.3 Å². The highest BCUT2D eigenvalue weighted by Crippen LogP contribution is 2.33. The van der Waals surface area contributed by atoms with E-state index in [0.29, 0.717) is 28.3 Å². The van der Waals surface area contributed by atoms with Gasteiger partial charge < -0.3 is 9.47 Å². The number of halogens is 2. The van der Waals surface area contributed by atoms with E-state index in [4.69, 9.17) is 9.47 Å². The van der Waals surface area contributed by atoms with Crippen molar-refractivity contribution >= 4 is 23.1 Å². The molecule has 8 heteroatoms. The van der Waals surface area contributed by atoms with Crippen LogP contribution in [0.15, 0.2) is 36.4 Å². The zero-order valence-corrected chi connectivity index (χ0v) is 20.4. The van der Waals surface area contributed by atoms with Gasteiger partial charge in [-0.2, -0.15) is 0 Å². The van der Waals surface area contributed by atoms with E-state index < -0.39 is 17.6 Å². The minimum Gasteiger partial charge on any atom is -0.482 e. The first-order valence-electron chi connectivity index (χ1n) is 11.1. The summed E-state index contributed by atoms with van der Waals surface area (Å²) in [5.74, 6) is -1.18. The number of nitrogens with zero attached hydrogens (tertiary/aromatic N) is 1. The smallest absolute Gasteiger partial charge is 0.344 e. The fourth-order valence-electron chi connectivity index (χ4n) is 3.49. The molecule has 0 spiro atoms. The van der Waals surface area contributed by atoms with Crippen LogP contribution in [0.2, 0.25) is 0 Å². The van der Waals surface area contributed by atoms with Gasteiger partial charge in [0, 0.05) is 28.5 Å². The Morgan fingerprint density at radius 1 is 1.09 bits per heavy atom. The van der Waals surface area contributed by atoms with E-state index in [1.165, 1.54) is 23.5 Å². The molecular formula is C26H27F2NO4S. The predicted octanol–water partition coefficient (Wildman–Crippen LogP) is 6.28. The molecule has 0 saturated carbocycles. The van der Waals surface area contributed by atoms with Gasteiger partial charge in [-0.3, -0.25) is 4.79 Å². The number of aryl methyl sites for hydroxylation is 2. The number of thiazole rings is 1. The van der Waals surface area contributed by atoms with Crippen LogP contribution in [0, 0.1) is 18.6 Å². The molecule has 0 aliphatic heterocycles. The Balaban J connectivity index is 1.71. The Morgan fingerprint density at radius 2 is 1.79 bits per heavy atom. The van der Waals surface area contributed by atoms with Crippen molar-refractivity contribution in [2.24, 2.45) is 0 Å². The summed E-state index contributed by atoms with van der Waals surface area (Å²) in [5, 5.41) is 0.531. The summed E-state index contributed by atoms with van der Waals surface area (Å²) < 4.78 is 37.7. The highest BCUT2D eigenvalue weighted by Gasteiger charge is 2.18. The fourth-order valence-corrected chi connectivity index (χ4v) is 4.69. The number of hydrogen-bond acceptors (Lipinski definition) is 6. The van der Waals surface area contributed by atoms with Crippen LogP contribution in [-0.4, -0.2) is 30.0 Å². The highest BCUT2D eigenvalue weighted by molar-refractivity contribution is 7.15. The number of rotatable bonds is 10. The summed E-state index contributed by atoms with van der Waals surface area (Å²) >= 11 is 1.35. The SMILES string of the molecule is CCOC(=O)COc1ccc(C(=O)CCc2sc(-c3cc(F)cc(F)c3)nc2C(C)C)cc1C. The molecule has 0 bridgehead atoms. The Hall–Kier alpha value is -3.13. The van der Waals surface area contributed by atoms with Crippen LogP contribution in [0.1, 0.15) is 59.6 Å². The molecule has 180 valence electrons. The van der Waals surface area contributed by atoms with Crippen molar-refractivity contribution in [2.45, 2.75) is 46.5 Å². The van der Waals surface area contributed by atoms with Gasteiger partial charge in [0.25, 0.3) is 0 Å². The van der Waals surface area contributed by atoms with E-state index >= 15 is 0 Å². The lowest BCUT2D eigenvalue weighted by Crippen LogP contribution is -2.15. The van der Waals surface area contributed by atoms with Gasteiger partial charge in [0.2, 0.25) is 0 Å². The molecule has 0 saturated heterocycles. The largest absolute Gasteiger partial charge is 0.482 e. The molecule has 0 aliphatic rings. The normalized spacial score (nSPS) is 11.0. The first-order chi connectivity index (χ1) is 16.2. The van der Waals surface area contributed by atoms with Gasteiger partial charge in [0.1, 0.15) is 22.4 Å². The summed E-state index contributed by atoms with van der Waals surface area (Å²) in [6.45, 7) is 7.61. The molecule has 0 atom stereocenters. The Bertz CT molecular complexity index is 1170. The van der Waals surface area contributed by atoms with Gasteiger partial charge in [0.05, 0.1) is 12.3 Å². The van der Waals surface area contributed by atoms with E-state index in [2.05, 4.69) is 4.98 Å². The highest BCUT2D eigenvalue weighted by atomic mass is 32.1. The summed E-state index contributed by atoms with van der Waals surface area (Å²) in [7, 11) is 0. The second-order valence-corrected chi connectivity index (χ2v) is 9.22. The average molecular weight is 488 g/mol. The van der Waals surface area contributed by atoms with Crippen molar-refractivity contribution in [3.63, 3.8) is 0 Å². The van der Waals surface area contributed by atoms with Gasteiger partial charge in [-0.15, -0.1) is 11.3 Å². The van der Waals surface area contributed by atoms with Crippen LogP contribution < -0.4 is 4.74 Å². The van der Waals surface area contributed by atoms with Crippen LogP contribution in [0.25, 0.3) is 10.6 Å². The minimum absolute atomic E-state index is 0.0403. The second-order valence-electron chi connectivity index (χ2n) is 8.14. The average Bonchev–Trinajstić information content (AvgIpc) is 3.21. The number of aromatic nitrogens is 1. The lowest BCUT2D eigenvalue weighted by molar-refractivity contribution is -0.145. The lowest BCUT2D eigenvalue weighted by atomic mass is 10.0.